The van der Waals surface area contributed by atoms with Gasteiger partial charge in [-0.25, -0.2) is 13.2 Å². The Morgan fingerprint density at radius 2 is 1.62 bits per heavy atom. The molecule has 1 aliphatic heterocycles. The SMILES string of the molecule is C[C@@H]1Cc2ccccc2N1C(=O)COC(=O)c1ccc(S(=O)(=O)Nc2ccccc2)cc1. The number of para-hydroxylation sites is 2. The Morgan fingerprint density at radius 1 is 0.969 bits per heavy atom. The van der Waals surface area contributed by atoms with E-state index in [0.717, 1.165) is 17.7 Å². The highest BCUT2D eigenvalue weighted by molar-refractivity contribution is 7.92. The maximum absolute atomic E-state index is 12.7. The predicted octanol–water partition coefficient (Wildman–Crippen LogP) is 3.62. The van der Waals surface area contributed by atoms with E-state index < -0.39 is 22.6 Å². The first-order valence-electron chi connectivity index (χ1n) is 10.1. The maximum atomic E-state index is 12.7. The van der Waals surface area contributed by atoms with E-state index in [1.807, 2.05) is 31.2 Å². The molecule has 1 atom stereocenters. The molecular formula is C24H22N2O5S. The van der Waals surface area contributed by atoms with E-state index in [1.54, 1.807) is 35.2 Å². The van der Waals surface area contributed by atoms with Crippen molar-refractivity contribution in [2.45, 2.75) is 24.3 Å². The van der Waals surface area contributed by atoms with Gasteiger partial charge in [-0.2, -0.15) is 0 Å². The molecule has 32 heavy (non-hydrogen) atoms. The van der Waals surface area contributed by atoms with E-state index in [9.17, 15) is 18.0 Å². The number of fused-ring (bicyclic) bond motifs is 1. The van der Waals surface area contributed by atoms with Gasteiger partial charge in [-0.15, -0.1) is 0 Å². The standard InChI is InChI=1S/C24H22N2O5S/c1-17-15-19-7-5-6-10-22(19)26(17)23(27)16-31-24(28)18-11-13-21(14-12-18)32(29,30)25-20-8-3-2-4-9-20/h2-14,17,25H,15-16H2,1H3/t17-/m1/s1. The number of carbonyl (C=O) groups excluding carboxylic acids is 2. The number of amides is 1. The van der Waals surface area contributed by atoms with Crippen molar-refractivity contribution in [2.75, 3.05) is 16.2 Å². The number of sulfonamides is 1. The van der Waals surface area contributed by atoms with Gasteiger partial charge in [0, 0.05) is 17.4 Å². The van der Waals surface area contributed by atoms with Gasteiger partial charge >= 0.3 is 5.97 Å². The molecule has 1 N–H and O–H groups in total. The summed E-state index contributed by atoms with van der Waals surface area (Å²) in [6.07, 6.45) is 0.753. The predicted molar refractivity (Wildman–Crippen MR) is 121 cm³/mol. The van der Waals surface area contributed by atoms with Crippen LogP contribution in [0.4, 0.5) is 11.4 Å². The minimum Gasteiger partial charge on any atom is -0.452 e. The summed E-state index contributed by atoms with van der Waals surface area (Å²) in [6, 6.07) is 21.5. The molecule has 0 spiro atoms. The molecule has 0 aromatic heterocycles. The van der Waals surface area contributed by atoms with E-state index in [2.05, 4.69) is 4.72 Å². The molecular weight excluding hydrogens is 428 g/mol. The van der Waals surface area contributed by atoms with Gasteiger partial charge in [-0.1, -0.05) is 36.4 Å². The summed E-state index contributed by atoms with van der Waals surface area (Å²) in [5.41, 5.74) is 2.51. The number of hydrogen-bond donors (Lipinski definition) is 1. The zero-order valence-electron chi connectivity index (χ0n) is 17.4. The number of rotatable bonds is 6. The lowest BCUT2D eigenvalue weighted by Crippen LogP contribution is -2.38. The molecule has 0 aliphatic carbocycles. The average molecular weight is 451 g/mol. The summed E-state index contributed by atoms with van der Waals surface area (Å²) in [7, 11) is -3.79. The molecule has 0 unspecified atom stereocenters. The highest BCUT2D eigenvalue weighted by atomic mass is 32.2. The number of nitrogens with zero attached hydrogens (tertiary/aromatic N) is 1. The van der Waals surface area contributed by atoms with E-state index in [1.165, 1.54) is 24.3 Å². The van der Waals surface area contributed by atoms with Gasteiger partial charge < -0.3 is 9.64 Å². The maximum Gasteiger partial charge on any atom is 0.338 e. The van der Waals surface area contributed by atoms with Gasteiger partial charge in [0.15, 0.2) is 6.61 Å². The lowest BCUT2D eigenvalue weighted by Gasteiger charge is -2.22. The minimum atomic E-state index is -3.79. The number of esters is 1. The first kappa shape index (κ1) is 21.6. The first-order valence-corrected chi connectivity index (χ1v) is 11.6. The van der Waals surface area contributed by atoms with E-state index >= 15 is 0 Å². The molecule has 0 bridgehead atoms. The normalized spacial score (nSPS) is 15.2. The summed E-state index contributed by atoms with van der Waals surface area (Å²) in [4.78, 5) is 26.7. The number of hydrogen-bond acceptors (Lipinski definition) is 5. The largest absolute Gasteiger partial charge is 0.452 e. The van der Waals surface area contributed by atoms with Gasteiger partial charge in [0.2, 0.25) is 0 Å². The molecule has 1 aliphatic rings. The van der Waals surface area contributed by atoms with Crippen LogP contribution in [0, 0.1) is 0 Å². The van der Waals surface area contributed by atoms with Crippen molar-refractivity contribution in [1.82, 2.24) is 0 Å². The topological polar surface area (TPSA) is 92.8 Å². The average Bonchev–Trinajstić information content (AvgIpc) is 3.13. The number of benzene rings is 3. The van der Waals surface area contributed by atoms with Crippen LogP contribution in [0.15, 0.2) is 83.8 Å². The highest BCUT2D eigenvalue weighted by Gasteiger charge is 2.31. The quantitative estimate of drug-likeness (QED) is 0.579. The van der Waals surface area contributed by atoms with Crippen molar-refractivity contribution in [3.63, 3.8) is 0 Å². The molecule has 0 fully saturated rings. The van der Waals surface area contributed by atoms with E-state index in [-0.39, 0.29) is 22.4 Å². The van der Waals surface area contributed by atoms with Crippen molar-refractivity contribution >= 4 is 33.3 Å². The third-order valence-electron chi connectivity index (χ3n) is 5.23. The Morgan fingerprint density at radius 3 is 2.34 bits per heavy atom. The van der Waals surface area contributed by atoms with Crippen molar-refractivity contribution in [2.24, 2.45) is 0 Å². The summed E-state index contributed by atoms with van der Waals surface area (Å²) in [6.45, 7) is 1.55. The molecule has 0 saturated heterocycles. The Hall–Kier alpha value is -3.65. The molecule has 8 heteroatoms. The van der Waals surface area contributed by atoms with Crippen molar-refractivity contribution < 1.29 is 22.7 Å². The fraction of sp³-hybridized carbons (Fsp3) is 0.167. The van der Waals surface area contributed by atoms with Gasteiger partial charge in [-0.05, 0) is 61.4 Å². The zero-order chi connectivity index (χ0) is 22.7. The third kappa shape index (κ3) is 4.50. The zero-order valence-corrected chi connectivity index (χ0v) is 18.2. The van der Waals surface area contributed by atoms with Crippen LogP contribution in [-0.2, 0) is 26.0 Å². The molecule has 7 nitrogen and oxygen atoms in total. The van der Waals surface area contributed by atoms with Crippen molar-refractivity contribution in [3.8, 4) is 0 Å². The second-order valence-corrected chi connectivity index (χ2v) is 9.20. The molecule has 0 radical (unpaired) electrons. The molecule has 164 valence electrons. The summed E-state index contributed by atoms with van der Waals surface area (Å²) >= 11 is 0. The molecule has 4 rings (SSSR count). The molecule has 1 amide bonds. The smallest absolute Gasteiger partial charge is 0.338 e. The molecule has 0 saturated carbocycles. The van der Waals surface area contributed by atoms with Crippen LogP contribution in [0.2, 0.25) is 0 Å². The molecule has 3 aromatic rings. The molecule has 3 aromatic carbocycles. The summed E-state index contributed by atoms with van der Waals surface area (Å²) in [5, 5.41) is 0. The number of anilines is 2. The number of carbonyl (C=O) groups is 2. The van der Waals surface area contributed by atoms with Crippen molar-refractivity contribution in [3.05, 3.63) is 90.0 Å². The van der Waals surface area contributed by atoms with Crippen LogP contribution < -0.4 is 9.62 Å². The number of nitrogens with one attached hydrogen (secondary N) is 1. The van der Waals surface area contributed by atoms with Gasteiger partial charge in [0.25, 0.3) is 15.9 Å². The Kier molecular flexibility index (Phi) is 5.96. The van der Waals surface area contributed by atoms with Crippen LogP contribution in [0.1, 0.15) is 22.8 Å². The monoisotopic (exact) mass is 450 g/mol. The highest BCUT2D eigenvalue weighted by Crippen LogP contribution is 2.31. The second kappa shape index (κ2) is 8.84. The molecule has 1 heterocycles. The second-order valence-electron chi connectivity index (χ2n) is 7.52. The van der Waals surface area contributed by atoms with E-state index in [4.69, 9.17) is 4.74 Å². The lowest BCUT2D eigenvalue weighted by molar-refractivity contribution is -0.122. The Labute approximate surface area is 186 Å². The fourth-order valence-electron chi connectivity index (χ4n) is 3.72. The first-order chi connectivity index (χ1) is 15.3. The minimum absolute atomic E-state index is 0.0106. The Balaban J connectivity index is 1.39. The summed E-state index contributed by atoms with van der Waals surface area (Å²) in [5.74, 6) is -1.000. The van der Waals surface area contributed by atoms with Gasteiger partial charge in [-0.3, -0.25) is 9.52 Å². The van der Waals surface area contributed by atoms with E-state index in [0.29, 0.717) is 5.69 Å². The van der Waals surface area contributed by atoms with Crippen molar-refractivity contribution in [1.29, 1.82) is 0 Å². The van der Waals surface area contributed by atoms with Crippen LogP contribution in [-0.4, -0.2) is 32.9 Å². The third-order valence-corrected chi connectivity index (χ3v) is 6.63. The lowest BCUT2D eigenvalue weighted by atomic mass is 10.1. The number of ether oxygens (including phenoxy) is 1. The van der Waals surface area contributed by atoms with Gasteiger partial charge in [0.1, 0.15) is 0 Å². The van der Waals surface area contributed by atoms with Gasteiger partial charge in [0.05, 0.1) is 10.5 Å². The van der Waals surface area contributed by atoms with Crippen LogP contribution in [0.25, 0.3) is 0 Å². The van der Waals surface area contributed by atoms with Crippen LogP contribution in [0.5, 0.6) is 0 Å². The summed E-state index contributed by atoms with van der Waals surface area (Å²) < 4.78 is 32.7. The Bertz CT molecular complexity index is 1240. The van der Waals surface area contributed by atoms with Crippen LogP contribution in [0.3, 0.4) is 0 Å². The van der Waals surface area contributed by atoms with Crippen LogP contribution >= 0.6 is 0 Å². The fourth-order valence-corrected chi connectivity index (χ4v) is 4.77.